The summed E-state index contributed by atoms with van der Waals surface area (Å²) in [7, 11) is 0. The summed E-state index contributed by atoms with van der Waals surface area (Å²) in [6.45, 7) is 9.51. The highest BCUT2D eigenvalue weighted by Crippen LogP contribution is 2.19. The summed E-state index contributed by atoms with van der Waals surface area (Å²) in [6.07, 6.45) is 0. The Morgan fingerprint density at radius 1 is 1.19 bits per heavy atom. The first-order valence-electron chi connectivity index (χ1n) is 7.70. The van der Waals surface area contributed by atoms with E-state index >= 15 is 0 Å². The van der Waals surface area contributed by atoms with Crippen LogP contribution in [0.15, 0.2) is 24.3 Å². The van der Waals surface area contributed by atoms with E-state index in [1.807, 2.05) is 24.3 Å². The van der Waals surface area contributed by atoms with Crippen LogP contribution in [0.1, 0.15) is 25.5 Å². The van der Waals surface area contributed by atoms with Crippen LogP contribution in [0.25, 0.3) is 0 Å². The number of ether oxygens (including phenoxy) is 1. The topological polar surface area (TPSA) is 53.6 Å². The van der Waals surface area contributed by atoms with Gasteiger partial charge in [-0.3, -0.25) is 4.79 Å². The molecule has 21 heavy (non-hydrogen) atoms. The predicted octanol–water partition coefficient (Wildman–Crippen LogP) is 1.17. The monoisotopic (exact) mass is 291 g/mol. The molecule has 0 radical (unpaired) electrons. The molecule has 0 spiro atoms. The third-order valence-corrected chi connectivity index (χ3v) is 3.82. The maximum Gasteiger partial charge on any atom is 0.241 e. The highest BCUT2D eigenvalue weighted by molar-refractivity contribution is 5.83. The van der Waals surface area contributed by atoms with Gasteiger partial charge < -0.3 is 20.3 Å². The van der Waals surface area contributed by atoms with Gasteiger partial charge in [0.2, 0.25) is 5.91 Å². The van der Waals surface area contributed by atoms with E-state index in [1.165, 1.54) is 0 Å². The fraction of sp³-hybridized carbons (Fsp3) is 0.562. The van der Waals surface area contributed by atoms with E-state index in [4.69, 9.17) is 4.74 Å². The van der Waals surface area contributed by atoms with Crippen molar-refractivity contribution in [3.05, 3.63) is 29.8 Å². The van der Waals surface area contributed by atoms with E-state index in [0.29, 0.717) is 13.2 Å². The summed E-state index contributed by atoms with van der Waals surface area (Å²) in [6, 6.07) is 7.52. The third kappa shape index (κ3) is 4.44. The Labute approximate surface area is 126 Å². The number of hydrogen-bond donors (Lipinski definition) is 2. The van der Waals surface area contributed by atoms with Gasteiger partial charge in [-0.1, -0.05) is 26.0 Å². The second kappa shape index (κ2) is 8.00. The van der Waals surface area contributed by atoms with Crippen molar-refractivity contribution in [2.45, 2.75) is 19.9 Å². The van der Waals surface area contributed by atoms with Crippen LogP contribution in [-0.4, -0.2) is 50.1 Å². The van der Waals surface area contributed by atoms with Crippen LogP contribution >= 0.6 is 0 Å². The van der Waals surface area contributed by atoms with Crippen molar-refractivity contribution in [2.75, 3.05) is 39.3 Å². The largest absolute Gasteiger partial charge is 0.492 e. The van der Waals surface area contributed by atoms with Crippen molar-refractivity contribution in [3.63, 3.8) is 0 Å². The maximum absolute atomic E-state index is 11.8. The number of carbonyl (C=O) groups is 1. The zero-order valence-electron chi connectivity index (χ0n) is 12.9. The summed E-state index contributed by atoms with van der Waals surface area (Å²) < 4.78 is 5.75. The molecule has 1 atom stereocenters. The van der Waals surface area contributed by atoms with Gasteiger partial charge in [0, 0.05) is 19.6 Å². The molecular weight excluding hydrogens is 266 g/mol. The number of nitrogens with one attached hydrogen (secondary N) is 2. The molecule has 0 aromatic heterocycles. The maximum atomic E-state index is 11.8. The van der Waals surface area contributed by atoms with Crippen LogP contribution in [0.2, 0.25) is 0 Å². The van der Waals surface area contributed by atoms with E-state index in [2.05, 4.69) is 29.4 Å². The number of piperazine rings is 1. The lowest BCUT2D eigenvalue weighted by molar-refractivity contribution is -0.124. The molecule has 0 bridgehead atoms. The number of benzene rings is 1. The van der Waals surface area contributed by atoms with Crippen molar-refractivity contribution in [2.24, 2.45) is 0 Å². The zero-order valence-corrected chi connectivity index (χ0v) is 12.9. The molecular formula is C16H25N3O2. The van der Waals surface area contributed by atoms with Gasteiger partial charge in [0.1, 0.15) is 18.4 Å². The first-order valence-corrected chi connectivity index (χ1v) is 7.70. The molecule has 1 aliphatic heterocycles. The van der Waals surface area contributed by atoms with Crippen LogP contribution in [0.3, 0.4) is 0 Å². The summed E-state index contributed by atoms with van der Waals surface area (Å²) in [5.74, 6) is 0.888. The predicted molar refractivity (Wildman–Crippen MR) is 83.5 cm³/mol. The standard InChI is InChI=1S/C16H25N3O2/c1-3-19(4-2)11-12-21-14-7-5-13(6-8-14)15-16(20)18-10-9-17-15/h5-8,15,17H,3-4,9-12H2,1-2H3,(H,18,20). The number of amides is 1. The molecule has 1 amide bonds. The van der Waals surface area contributed by atoms with E-state index in [-0.39, 0.29) is 11.9 Å². The molecule has 2 rings (SSSR count). The van der Waals surface area contributed by atoms with Gasteiger partial charge in [0.05, 0.1) is 0 Å². The fourth-order valence-corrected chi connectivity index (χ4v) is 2.46. The van der Waals surface area contributed by atoms with Gasteiger partial charge in [0.15, 0.2) is 0 Å². The number of rotatable bonds is 7. The van der Waals surface area contributed by atoms with Crippen LogP contribution < -0.4 is 15.4 Å². The van der Waals surface area contributed by atoms with Crippen LogP contribution in [0.4, 0.5) is 0 Å². The lowest BCUT2D eigenvalue weighted by Crippen LogP contribution is -2.47. The molecule has 1 heterocycles. The average molecular weight is 291 g/mol. The molecule has 116 valence electrons. The van der Waals surface area contributed by atoms with Crippen molar-refractivity contribution in [1.82, 2.24) is 15.5 Å². The summed E-state index contributed by atoms with van der Waals surface area (Å²) in [5, 5.41) is 6.08. The quantitative estimate of drug-likeness (QED) is 0.792. The Kier molecular flexibility index (Phi) is 6.02. The summed E-state index contributed by atoms with van der Waals surface area (Å²) >= 11 is 0. The number of likely N-dealkylation sites (N-methyl/N-ethyl adjacent to an activating group) is 1. The molecule has 2 N–H and O–H groups in total. The minimum Gasteiger partial charge on any atom is -0.492 e. The molecule has 1 aromatic carbocycles. The second-order valence-corrected chi connectivity index (χ2v) is 5.12. The molecule has 0 saturated carbocycles. The lowest BCUT2D eigenvalue weighted by atomic mass is 10.0. The second-order valence-electron chi connectivity index (χ2n) is 5.12. The molecule has 1 aliphatic rings. The zero-order chi connectivity index (χ0) is 15.1. The van der Waals surface area contributed by atoms with Gasteiger partial charge in [0.25, 0.3) is 0 Å². The fourth-order valence-electron chi connectivity index (χ4n) is 2.46. The normalized spacial score (nSPS) is 18.6. The van der Waals surface area contributed by atoms with Crippen LogP contribution in [0.5, 0.6) is 5.75 Å². The van der Waals surface area contributed by atoms with Gasteiger partial charge in [-0.15, -0.1) is 0 Å². The summed E-state index contributed by atoms with van der Waals surface area (Å²) in [4.78, 5) is 14.1. The number of nitrogens with zero attached hydrogens (tertiary/aromatic N) is 1. The smallest absolute Gasteiger partial charge is 0.241 e. The Bertz CT molecular complexity index is 443. The lowest BCUT2D eigenvalue weighted by Gasteiger charge is -2.24. The summed E-state index contributed by atoms with van der Waals surface area (Å²) in [5.41, 5.74) is 0.975. The molecule has 0 aliphatic carbocycles. The van der Waals surface area contributed by atoms with Gasteiger partial charge in [-0.05, 0) is 30.8 Å². The van der Waals surface area contributed by atoms with Crippen molar-refractivity contribution < 1.29 is 9.53 Å². The first-order chi connectivity index (χ1) is 10.2. The molecule has 5 nitrogen and oxygen atoms in total. The Balaban J connectivity index is 1.85. The third-order valence-electron chi connectivity index (χ3n) is 3.82. The molecule has 1 unspecified atom stereocenters. The van der Waals surface area contributed by atoms with Gasteiger partial charge in [-0.25, -0.2) is 0 Å². The van der Waals surface area contributed by atoms with E-state index in [0.717, 1.165) is 37.5 Å². The van der Waals surface area contributed by atoms with Crippen LogP contribution in [0, 0.1) is 0 Å². The minimum absolute atomic E-state index is 0.0384. The van der Waals surface area contributed by atoms with Crippen molar-refractivity contribution in [1.29, 1.82) is 0 Å². The number of hydrogen-bond acceptors (Lipinski definition) is 4. The average Bonchev–Trinajstić information content (AvgIpc) is 2.53. The highest BCUT2D eigenvalue weighted by atomic mass is 16.5. The van der Waals surface area contributed by atoms with Crippen molar-refractivity contribution in [3.8, 4) is 5.75 Å². The SMILES string of the molecule is CCN(CC)CCOc1ccc(C2NCCNC2=O)cc1. The number of carbonyl (C=O) groups excluding carboxylic acids is 1. The Morgan fingerprint density at radius 3 is 2.52 bits per heavy atom. The van der Waals surface area contributed by atoms with Crippen molar-refractivity contribution >= 4 is 5.91 Å². The highest BCUT2D eigenvalue weighted by Gasteiger charge is 2.22. The molecule has 1 fully saturated rings. The molecule has 1 aromatic rings. The Morgan fingerprint density at radius 2 is 1.90 bits per heavy atom. The van der Waals surface area contributed by atoms with Crippen LogP contribution in [-0.2, 0) is 4.79 Å². The minimum atomic E-state index is -0.247. The Hall–Kier alpha value is -1.59. The van der Waals surface area contributed by atoms with E-state index < -0.39 is 0 Å². The van der Waals surface area contributed by atoms with Gasteiger partial charge >= 0.3 is 0 Å². The molecule has 1 saturated heterocycles. The molecule has 5 heteroatoms. The van der Waals surface area contributed by atoms with E-state index in [9.17, 15) is 4.79 Å². The van der Waals surface area contributed by atoms with Gasteiger partial charge in [-0.2, -0.15) is 0 Å². The first kappa shape index (κ1) is 15.8. The van der Waals surface area contributed by atoms with E-state index in [1.54, 1.807) is 0 Å².